The van der Waals surface area contributed by atoms with E-state index in [2.05, 4.69) is 5.32 Å². The van der Waals surface area contributed by atoms with E-state index in [9.17, 15) is 14.0 Å². The third kappa shape index (κ3) is 3.53. The number of carbonyl (C=O) groups excluding carboxylic acids is 2. The average Bonchev–Trinajstić information content (AvgIpc) is 3.14. The SMILES string of the molecule is COc1ccc(-c2cc3ccccn3c2C(=O)C(=O)Nc2ccccc2F)cc1Cl. The van der Waals surface area contributed by atoms with Crippen molar-refractivity contribution in [2.24, 2.45) is 0 Å². The predicted octanol–water partition coefficient (Wildman–Crippen LogP) is 5.23. The van der Waals surface area contributed by atoms with E-state index in [1.807, 2.05) is 12.1 Å². The zero-order valence-electron chi connectivity index (χ0n) is 15.9. The van der Waals surface area contributed by atoms with Gasteiger partial charge in [-0.2, -0.15) is 0 Å². The van der Waals surface area contributed by atoms with Gasteiger partial charge in [0.1, 0.15) is 17.3 Å². The Hall–Kier alpha value is -3.64. The summed E-state index contributed by atoms with van der Waals surface area (Å²) in [5, 5.41) is 2.72. The van der Waals surface area contributed by atoms with Gasteiger partial charge in [-0.25, -0.2) is 4.39 Å². The number of ketones is 1. The number of carbonyl (C=O) groups is 2. The maximum absolute atomic E-state index is 13.9. The topological polar surface area (TPSA) is 59.8 Å². The van der Waals surface area contributed by atoms with Crippen LogP contribution in [-0.4, -0.2) is 23.2 Å². The Morgan fingerprint density at radius 3 is 2.53 bits per heavy atom. The molecule has 2 aromatic heterocycles. The number of anilines is 1. The molecular weight excluding hydrogens is 407 g/mol. The maximum Gasteiger partial charge on any atom is 0.298 e. The van der Waals surface area contributed by atoms with Crippen molar-refractivity contribution < 1.29 is 18.7 Å². The number of para-hydroxylation sites is 1. The molecule has 7 heteroatoms. The second kappa shape index (κ2) is 8.00. The summed E-state index contributed by atoms with van der Waals surface area (Å²) in [7, 11) is 1.51. The van der Waals surface area contributed by atoms with Gasteiger partial charge in [-0.1, -0.05) is 35.9 Å². The first-order valence-electron chi connectivity index (χ1n) is 9.04. The number of Topliss-reactive ketones (excluding diaryl/α,β-unsaturated/α-hetero) is 1. The Kier molecular flexibility index (Phi) is 5.25. The molecule has 0 atom stereocenters. The van der Waals surface area contributed by atoms with Crippen molar-refractivity contribution >= 4 is 34.5 Å². The van der Waals surface area contributed by atoms with Crippen molar-refractivity contribution in [3.05, 3.63) is 89.5 Å². The molecule has 4 aromatic rings. The highest BCUT2D eigenvalue weighted by Gasteiger charge is 2.25. The summed E-state index contributed by atoms with van der Waals surface area (Å²) >= 11 is 6.26. The molecule has 0 unspecified atom stereocenters. The van der Waals surface area contributed by atoms with Gasteiger partial charge in [0, 0.05) is 17.3 Å². The first-order chi connectivity index (χ1) is 14.5. The molecule has 2 aromatic carbocycles. The Morgan fingerprint density at radius 1 is 1.03 bits per heavy atom. The molecule has 1 amide bonds. The lowest BCUT2D eigenvalue weighted by Crippen LogP contribution is -2.25. The fraction of sp³-hybridized carbons (Fsp3) is 0.0435. The number of pyridine rings is 1. The number of hydrogen-bond donors (Lipinski definition) is 1. The second-order valence-electron chi connectivity index (χ2n) is 6.51. The average molecular weight is 423 g/mol. The van der Waals surface area contributed by atoms with E-state index in [4.69, 9.17) is 16.3 Å². The zero-order valence-corrected chi connectivity index (χ0v) is 16.6. The van der Waals surface area contributed by atoms with Crippen LogP contribution in [0.15, 0.2) is 72.9 Å². The lowest BCUT2D eigenvalue weighted by Gasteiger charge is -2.09. The summed E-state index contributed by atoms with van der Waals surface area (Å²) in [6.07, 6.45) is 1.69. The Bertz CT molecular complexity index is 1280. The number of ether oxygens (including phenoxy) is 1. The number of fused-ring (bicyclic) bond motifs is 1. The molecule has 150 valence electrons. The highest BCUT2D eigenvalue weighted by atomic mass is 35.5. The number of nitrogens with one attached hydrogen (secondary N) is 1. The van der Waals surface area contributed by atoms with E-state index in [-0.39, 0.29) is 11.4 Å². The molecule has 2 heterocycles. The van der Waals surface area contributed by atoms with Crippen LogP contribution >= 0.6 is 11.6 Å². The summed E-state index contributed by atoms with van der Waals surface area (Å²) in [5.41, 5.74) is 1.99. The van der Waals surface area contributed by atoms with Crippen LogP contribution in [0.5, 0.6) is 5.75 Å². The van der Waals surface area contributed by atoms with Crippen molar-refractivity contribution in [3.8, 4) is 16.9 Å². The van der Waals surface area contributed by atoms with Gasteiger partial charge < -0.3 is 14.5 Å². The minimum Gasteiger partial charge on any atom is -0.495 e. The lowest BCUT2D eigenvalue weighted by atomic mass is 10.0. The Labute approximate surface area is 176 Å². The molecule has 5 nitrogen and oxygen atoms in total. The Balaban J connectivity index is 1.80. The summed E-state index contributed by atoms with van der Waals surface area (Å²) in [6.45, 7) is 0. The van der Waals surface area contributed by atoms with Gasteiger partial charge in [0.25, 0.3) is 11.7 Å². The standard InChI is InChI=1S/C23H16ClFN2O3/c1-30-20-10-9-14(12-17(20)24)16-13-15-6-4-5-11-27(15)21(16)22(28)23(29)26-19-8-3-2-7-18(19)25/h2-13H,1H3,(H,26,29). The van der Waals surface area contributed by atoms with Crippen LogP contribution in [0, 0.1) is 5.82 Å². The lowest BCUT2D eigenvalue weighted by molar-refractivity contribution is -0.112. The fourth-order valence-corrected chi connectivity index (χ4v) is 3.52. The third-order valence-corrected chi connectivity index (χ3v) is 4.98. The van der Waals surface area contributed by atoms with Crippen LogP contribution < -0.4 is 10.1 Å². The van der Waals surface area contributed by atoms with Gasteiger partial charge in [-0.05, 0) is 48.0 Å². The van der Waals surface area contributed by atoms with Crippen LogP contribution in [0.1, 0.15) is 10.5 Å². The van der Waals surface area contributed by atoms with Crippen molar-refractivity contribution in [1.82, 2.24) is 4.40 Å². The number of rotatable bonds is 5. The summed E-state index contributed by atoms with van der Waals surface area (Å²) < 4.78 is 20.7. The number of benzene rings is 2. The zero-order chi connectivity index (χ0) is 21.3. The molecule has 4 rings (SSSR count). The largest absolute Gasteiger partial charge is 0.495 e. The molecule has 0 spiro atoms. The van der Waals surface area contributed by atoms with Gasteiger partial charge in [0.15, 0.2) is 0 Å². The van der Waals surface area contributed by atoms with Crippen LogP contribution in [-0.2, 0) is 4.79 Å². The van der Waals surface area contributed by atoms with Gasteiger partial charge >= 0.3 is 0 Å². The van der Waals surface area contributed by atoms with E-state index in [1.54, 1.807) is 47.0 Å². The molecule has 0 aliphatic heterocycles. The molecular formula is C23H16ClFN2O3. The molecule has 0 fully saturated rings. The number of methoxy groups -OCH3 is 1. The van der Waals surface area contributed by atoms with E-state index in [0.29, 0.717) is 21.9 Å². The predicted molar refractivity (Wildman–Crippen MR) is 114 cm³/mol. The molecule has 0 aliphatic rings. The summed E-state index contributed by atoms with van der Waals surface area (Å²) in [6, 6.07) is 18.0. The number of amides is 1. The van der Waals surface area contributed by atoms with Crippen LogP contribution in [0.2, 0.25) is 5.02 Å². The monoisotopic (exact) mass is 422 g/mol. The molecule has 0 radical (unpaired) electrons. The van der Waals surface area contributed by atoms with Crippen LogP contribution in [0.3, 0.4) is 0 Å². The molecule has 0 saturated heterocycles. The van der Waals surface area contributed by atoms with Crippen LogP contribution in [0.4, 0.5) is 10.1 Å². The summed E-state index contributed by atoms with van der Waals surface area (Å²) in [5.74, 6) is -1.87. The highest BCUT2D eigenvalue weighted by Crippen LogP contribution is 2.34. The minimum absolute atomic E-state index is 0.0641. The Morgan fingerprint density at radius 2 is 1.80 bits per heavy atom. The highest BCUT2D eigenvalue weighted by molar-refractivity contribution is 6.47. The van der Waals surface area contributed by atoms with Crippen molar-refractivity contribution in [3.63, 3.8) is 0 Å². The van der Waals surface area contributed by atoms with Gasteiger partial charge in [0.2, 0.25) is 0 Å². The molecule has 0 saturated carbocycles. The van der Waals surface area contributed by atoms with E-state index >= 15 is 0 Å². The second-order valence-corrected chi connectivity index (χ2v) is 6.92. The fourth-order valence-electron chi connectivity index (χ4n) is 3.26. The van der Waals surface area contributed by atoms with Gasteiger partial charge in [-0.15, -0.1) is 0 Å². The van der Waals surface area contributed by atoms with E-state index in [1.165, 1.54) is 25.3 Å². The first-order valence-corrected chi connectivity index (χ1v) is 9.41. The van der Waals surface area contributed by atoms with Crippen molar-refractivity contribution in [2.45, 2.75) is 0 Å². The molecule has 30 heavy (non-hydrogen) atoms. The number of halogens is 2. The quantitative estimate of drug-likeness (QED) is 0.354. The molecule has 0 bridgehead atoms. The normalized spacial score (nSPS) is 10.8. The van der Waals surface area contributed by atoms with Crippen molar-refractivity contribution in [2.75, 3.05) is 12.4 Å². The van der Waals surface area contributed by atoms with Gasteiger partial charge in [0.05, 0.1) is 17.8 Å². The number of aromatic nitrogens is 1. The van der Waals surface area contributed by atoms with E-state index in [0.717, 1.165) is 5.52 Å². The summed E-state index contributed by atoms with van der Waals surface area (Å²) in [4.78, 5) is 25.8. The van der Waals surface area contributed by atoms with Crippen molar-refractivity contribution in [1.29, 1.82) is 0 Å². The van der Waals surface area contributed by atoms with Crippen LogP contribution in [0.25, 0.3) is 16.6 Å². The minimum atomic E-state index is -0.940. The number of nitrogens with zero attached hydrogens (tertiary/aromatic N) is 1. The molecule has 0 aliphatic carbocycles. The number of hydrogen-bond acceptors (Lipinski definition) is 3. The first kappa shape index (κ1) is 19.7. The maximum atomic E-state index is 13.9. The van der Waals surface area contributed by atoms with Gasteiger partial charge in [-0.3, -0.25) is 9.59 Å². The third-order valence-electron chi connectivity index (χ3n) is 4.69. The molecule has 1 N–H and O–H groups in total. The smallest absolute Gasteiger partial charge is 0.298 e. The van der Waals surface area contributed by atoms with E-state index < -0.39 is 17.5 Å².